The Morgan fingerprint density at radius 2 is 2.28 bits per heavy atom. The van der Waals surface area contributed by atoms with E-state index in [2.05, 4.69) is 58.2 Å². The van der Waals surface area contributed by atoms with Crippen LogP contribution in [0.2, 0.25) is 0 Å². The van der Waals surface area contributed by atoms with Crippen molar-refractivity contribution < 1.29 is 5.11 Å². The molecule has 3 nitrogen and oxygen atoms in total. The maximum Gasteiger partial charge on any atom is 0.0451 e. The van der Waals surface area contributed by atoms with E-state index >= 15 is 0 Å². The number of hydrogen-bond donors (Lipinski definition) is 2. The Morgan fingerprint density at radius 1 is 1.50 bits per heavy atom. The van der Waals surface area contributed by atoms with Crippen molar-refractivity contribution >= 4 is 21.6 Å². The summed E-state index contributed by atoms with van der Waals surface area (Å²) in [5.74, 6) is 0. The Kier molecular flexibility index (Phi) is 4.65. The van der Waals surface area contributed by atoms with Gasteiger partial charge in [0, 0.05) is 41.9 Å². The summed E-state index contributed by atoms with van der Waals surface area (Å²) in [6.07, 6.45) is 0.815. The highest BCUT2D eigenvalue weighted by molar-refractivity contribution is 9.10. The molecule has 0 saturated carbocycles. The third kappa shape index (κ3) is 3.05. The minimum absolute atomic E-state index is 0.243. The topological polar surface area (TPSA) is 35.5 Å². The van der Waals surface area contributed by atoms with Gasteiger partial charge in [0.15, 0.2) is 0 Å². The summed E-state index contributed by atoms with van der Waals surface area (Å²) in [6.45, 7) is 6.52. The van der Waals surface area contributed by atoms with Gasteiger partial charge in [0.05, 0.1) is 0 Å². The number of hydrogen-bond acceptors (Lipinski definition) is 3. The maximum atomic E-state index is 9.20. The van der Waals surface area contributed by atoms with E-state index in [-0.39, 0.29) is 6.61 Å². The molecule has 1 aromatic rings. The van der Waals surface area contributed by atoms with Crippen molar-refractivity contribution in [1.29, 1.82) is 0 Å². The van der Waals surface area contributed by atoms with Crippen molar-refractivity contribution in [3.05, 3.63) is 28.2 Å². The Bertz CT molecular complexity index is 411. The summed E-state index contributed by atoms with van der Waals surface area (Å²) in [7, 11) is 0. The number of benzene rings is 1. The second kappa shape index (κ2) is 6.04. The predicted molar refractivity (Wildman–Crippen MR) is 79.2 cm³/mol. The van der Waals surface area contributed by atoms with Gasteiger partial charge in [0.2, 0.25) is 0 Å². The molecule has 0 amide bonds. The molecule has 2 rings (SSSR count). The average molecular weight is 313 g/mol. The number of rotatable bonds is 3. The van der Waals surface area contributed by atoms with Crippen LogP contribution in [0.5, 0.6) is 0 Å². The predicted octanol–water partition coefficient (Wildman–Crippen LogP) is 2.31. The van der Waals surface area contributed by atoms with Crippen LogP contribution in [0, 0.1) is 6.92 Å². The third-order valence-corrected chi connectivity index (χ3v) is 4.04. The second-order valence-electron chi connectivity index (χ2n) is 5.06. The summed E-state index contributed by atoms with van der Waals surface area (Å²) in [4.78, 5) is 2.43. The Balaban J connectivity index is 2.26. The van der Waals surface area contributed by atoms with Crippen molar-refractivity contribution in [2.75, 3.05) is 24.6 Å². The van der Waals surface area contributed by atoms with Gasteiger partial charge in [-0.25, -0.2) is 0 Å². The second-order valence-corrected chi connectivity index (χ2v) is 5.97. The quantitative estimate of drug-likeness (QED) is 0.899. The van der Waals surface area contributed by atoms with Crippen molar-refractivity contribution in [2.45, 2.75) is 32.4 Å². The SMILES string of the molecule is Cc1cc(Br)ccc1N1CC(C)NCC1CCO. The summed E-state index contributed by atoms with van der Waals surface area (Å²) in [5, 5.41) is 12.7. The molecule has 2 unspecified atom stereocenters. The first-order chi connectivity index (χ1) is 8.61. The van der Waals surface area contributed by atoms with Crippen LogP contribution in [0.25, 0.3) is 0 Å². The first kappa shape index (κ1) is 13.8. The molecule has 1 aromatic carbocycles. The molecule has 4 heteroatoms. The molecule has 0 aliphatic carbocycles. The summed E-state index contributed by atoms with van der Waals surface area (Å²) >= 11 is 3.51. The van der Waals surface area contributed by atoms with Gasteiger partial charge in [-0.2, -0.15) is 0 Å². The van der Waals surface area contributed by atoms with Gasteiger partial charge in [0.25, 0.3) is 0 Å². The monoisotopic (exact) mass is 312 g/mol. The number of piperazine rings is 1. The molecule has 0 radical (unpaired) electrons. The number of aliphatic hydroxyl groups excluding tert-OH is 1. The highest BCUT2D eigenvalue weighted by Crippen LogP contribution is 2.27. The minimum atomic E-state index is 0.243. The van der Waals surface area contributed by atoms with Crippen LogP contribution in [0.3, 0.4) is 0 Å². The van der Waals surface area contributed by atoms with E-state index in [1.807, 2.05) is 0 Å². The van der Waals surface area contributed by atoms with E-state index < -0.39 is 0 Å². The van der Waals surface area contributed by atoms with Crippen LogP contribution in [0.1, 0.15) is 18.9 Å². The lowest BCUT2D eigenvalue weighted by molar-refractivity contribution is 0.260. The van der Waals surface area contributed by atoms with Crippen LogP contribution in [0.4, 0.5) is 5.69 Å². The molecule has 1 aliphatic heterocycles. The molecule has 0 spiro atoms. The van der Waals surface area contributed by atoms with Crippen molar-refractivity contribution in [3.8, 4) is 0 Å². The van der Waals surface area contributed by atoms with E-state index in [1.165, 1.54) is 11.3 Å². The number of anilines is 1. The molecule has 2 N–H and O–H groups in total. The molecular formula is C14H21BrN2O. The van der Waals surface area contributed by atoms with E-state index in [1.54, 1.807) is 0 Å². The van der Waals surface area contributed by atoms with Crippen molar-refractivity contribution in [2.24, 2.45) is 0 Å². The van der Waals surface area contributed by atoms with E-state index in [4.69, 9.17) is 0 Å². The Labute approximate surface area is 117 Å². The highest BCUT2D eigenvalue weighted by atomic mass is 79.9. The van der Waals surface area contributed by atoms with Crippen LogP contribution >= 0.6 is 15.9 Å². The first-order valence-corrected chi connectivity index (χ1v) is 7.28. The molecule has 0 aromatic heterocycles. The highest BCUT2D eigenvalue weighted by Gasteiger charge is 2.26. The third-order valence-electron chi connectivity index (χ3n) is 3.54. The summed E-state index contributed by atoms with van der Waals surface area (Å²) < 4.78 is 1.12. The van der Waals surface area contributed by atoms with Crippen LogP contribution in [0.15, 0.2) is 22.7 Å². The molecule has 1 saturated heterocycles. The first-order valence-electron chi connectivity index (χ1n) is 6.49. The molecule has 1 fully saturated rings. The van der Waals surface area contributed by atoms with E-state index in [0.29, 0.717) is 12.1 Å². The molecule has 1 heterocycles. The van der Waals surface area contributed by atoms with Crippen molar-refractivity contribution in [3.63, 3.8) is 0 Å². The zero-order valence-electron chi connectivity index (χ0n) is 11.0. The van der Waals surface area contributed by atoms with Gasteiger partial charge in [-0.3, -0.25) is 0 Å². The largest absolute Gasteiger partial charge is 0.396 e. The number of halogens is 1. The van der Waals surface area contributed by atoms with Gasteiger partial charge in [0.1, 0.15) is 0 Å². The average Bonchev–Trinajstić information content (AvgIpc) is 2.32. The number of aliphatic hydroxyl groups is 1. The zero-order valence-corrected chi connectivity index (χ0v) is 12.6. The number of nitrogens with zero attached hydrogens (tertiary/aromatic N) is 1. The van der Waals surface area contributed by atoms with E-state index in [0.717, 1.165) is 24.0 Å². The lowest BCUT2D eigenvalue weighted by Gasteiger charge is -2.41. The van der Waals surface area contributed by atoms with Gasteiger partial charge in [-0.15, -0.1) is 0 Å². The summed E-state index contributed by atoms with van der Waals surface area (Å²) in [6, 6.07) is 7.28. The standard InChI is InChI=1S/C14H21BrN2O/c1-10-7-12(15)3-4-14(10)17-9-11(2)16-8-13(17)5-6-18/h3-4,7,11,13,16,18H,5-6,8-9H2,1-2H3. The van der Waals surface area contributed by atoms with Gasteiger partial charge >= 0.3 is 0 Å². The molecule has 100 valence electrons. The van der Waals surface area contributed by atoms with Gasteiger partial charge in [-0.1, -0.05) is 15.9 Å². The fourth-order valence-electron chi connectivity index (χ4n) is 2.60. The maximum absolute atomic E-state index is 9.20. The van der Waals surface area contributed by atoms with Crippen LogP contribution < -0.4 is 10.2 Å². The van der Waals surface area contributed by atoms with Gasteiger partial charge < -0.3 is 15.3 Å². The van der Waals surface area contributed by atoms with E-state index in [9.17, 15) is 5.11 Å². The molecule has 1 aliphatic rings. The van der Waals surface area contributed by atoms with Gasteiger partial charge in [-0.05, 0) is 44.0 Å². The Hall–Kier alpha value is -0.580. The normalized spacial score (nSPS) is 24.3. The lowest BCUT2D eigenvalue weighted by Crippen LogP contribution is -2.56. The molecule has 0 bridgehead atoms. The fourth-order valence-corrected chi connectivity index (χ4v) is 3.07. The Morgan fingerprint density at radius 3 is 2.94 bits per heavy atom. The van der Waals surface area contributed by atoms with Crippen molar-refractivity contribution in [1.82, 2.24) is 5.32 Å². The lowest BCUT2D eigenvalue weighted by atomic mass is 10.0. The molecule has 2 atom stereocenters. The smallest absolute Gasteiger partial charge is 0.0451 e. The fraction of sp³-hybridized carbons (Fsp3) is 0.571. The number of nitrogens with one attached hydrogen (secondary N) is 1. The number of aryl methyl sites for hydroxylation is 1. The van der Waals surface area contributed by atoms with Crippen LogP contribution in [-0.2, 0) is 0 Å². The minimum Gasteiger partial charge on any atom is -0.396 e. The summed E-state index contributed by atoms with van der Waals surface area (Å²) in [5.41, 5.74) is 2.56. The molecule has 18 heavy (non-hydrogen) atoms. The zero-order chi connectivity index (χ0) is 13.1. The van der Waals surface area contributed by atoms with Crippen LogP contribution in [-0.4, -0.2) is 36.9 Å². The molecular weight excluding hydrogens is 292 g/mol.